The van der Waals surface area contributed by atoms with Crippen molar-refractivity contribution in [3.05, 3.63) is 73.6 Å². The molecule has 274 valence electrons. The minimum atomic E-state index is -5.08. The first kappa shape index (κ1) is 38.9. The van der Waals surface area contributed by atoms with Gasteiger partial charge in [-0.05, 0) is 55.6 Å². The summed E-state index contributed by atoms with van der Waals surface area (Å²) in [6.45, 7) is 6.40. The number of aliphatic carboxylic acids is 2. The molecule has 0 spiro atoms. The molecule has 0 aliphatic carbocycles. The number of carboxylic acid groups (broad SMARTS) is 2. The Kier molecular flexibility index (Phi) is 12.1. The lowest BCUT2D eigenvalue weighted by atomic mass is 9.83. The minimum Gasteiger partial charge on any atom is -0.475 e. The first-order valence-electron chi connectivity index (χ1n) is 15.0. The fourth-order valence-corrected chi connectivity index (χ4v) is 6.59. The van der Waals surface area contributed by atoms with Gasteiger partial charge in [0.05, 0.1) is 10.6 Å². The molecule has 50 heavy (non-hydrogen) atoms. The number of piperazine rings is 1. The standard InChI is InChI=1S/C26H28Cl2FN5O2.2C2HF3O2/c27-20-13-22-25(35)30-14-18(34(22)24(20)28)11-16-1-2-21(29)19(12-16)26(36)33-9-7-32(8-10-33)23-15-31-5-3-17(23)4-6-31;2*3-2(4,5)1(6)7/h1-2,12-14,17,23H,3-11,15H2,(H,30,35);2*(H,6,7). The smallest absolute Gasteiger partial charge is 0.475 e. The van der Waals surface area contributed by atoms with Crippen molar-refractivity contribution in [1.82, 2.24) is 24.1 Å². The van der Waals surface area contributed by atoms with Gasteiger partial charge in [-0.2, -0.15) is 26.3 Å². The number of carbonyl (C=O) groups excluding carboxylic acids is 1. The molecule has 11 nitrogen and oxygen atoms in total. The van der Waals surface area contributed by atoms with E-state index < -0.39 is 30.1 Å². The molecule has 1 amide bonds. The van der Waals surface area contributed by atoms with Crippen LogP contribution in [0.5, 0.6) is 0 Å². The van der Waals surface area contributed by atoms with Gasteiger partial charge >= 0.3 is 24.3 Å². The molecular formula is C30H30Cl2F7N5O6. The molecule has 20 heteroatoms. The zero-order chi connectivity index (χ0) is 37.1. The van der Waals surface area contributed by atoms with Crippen molar-refractivity contribution in [2.24, 2.45) is 5.92 Å². The number of nitrogens with zero attached hydrogens (tertiary/aromatic N) is 4. The van der Waals surface area contributed by atoms with Crippen LogP contribution in [0.1, 0.15) is 34.5 Å². The molecule has 1 atom stereocenters. The number of piperidine rings is 3. The van der Waals surface area contributed by atoms with Gasteiger partial charge in [0.25, 0.3) is 11.5 Å². The number of fused-ring (bicyclic) bond motifs is 4. The number of benzene rings is 1. The Balaban J connectivity index is 0.000000340. The number of H-pyrrole nitrogens is 1. The van der Waals surface area contributed by atoms with E-state index in [1.165, 1.54) is 38.1 Å². The van der Waals surface area contributed by atoms with Gasteiger partial charge in [-0.3, -0.25) is 18.9 Å². The molecule has 1 aromatic carbocycles. The number of carbonyl (C=O) groups is 3. The van der Waals surface area contributed by atoms with Crippen LogP contribution < -0.4 is 5.56 Å². The molecule has 2 bridgehead atoms. The molecular weight excluding hydrogens is 730 g/mol. The second-order valence-electron chi connectivity index (χ2n) is 11.7. The molecule has 4 aliphatic rings. The predicted octanol–water partition coefficient (Wildman–Crippen LogP) is 4.78. The van der Waals surface area contributed by atoms with Crippen LogP contribution >= 0.6 is 23.2 Å². The van der Waals surface area contributed by atoms with Gasteiger partial charge in [0.15, 0.2) is 0 Å². The second kappa shape index (κ2) is 15.6. The third kappa shape index (κ3) is 9.26. The zero-order valence-electron chi connectivity index (χ0n) is 25.8. The highest BCUT2D eigenvalue weighted by Gasteiger charge is 2.40. The van der Waals surface area contributed by atoms with E-state index in [2.05, 4.69) is 14.8 Å². The van der Waals surface area contributed by atoms with Crippen LogP contribution in [-0.4, -0.2) is 116 Å². The Morgan fingerprint density at radius 3 is 1.94 bits per heavy atom. The van der Waals surface area contributed by atoms with Crippen molar-refractivity contribution in [3.8, 4) is 0 Å². The van der Waals surface area contributed by atoms with Crippen molar-refractivity contribution >= 4 is 46.6 Å². The molecule has 3 N–H and O–H groups in total. The maximum Gasteiger partial charge on any atom is 0.490 e. The van der Waals surface area contributed by atoms with Crippen LogP contribution in [0.25, 0.3) is 5.52 Å². The molecule has 7 rings (SSSR count). The molecule has 3 aromatic rings. The number of halogens is 9. The lowest BCUT2D eigenvalue weighted by Crippen LogP contribution is -2.61. The Hall–Kier alpha value is -3.87. The minimum absolute atomic E-state index is 0.0705. The van der Waals surface area contributed by atoms with Crippen LogP contribution in [0.3, 0.4) is 0 Å². The number of nitrogens with one attached hydrogen (secondary N) is 1. The number of aromatic nitrogens is 2. The fraction of sp³-hybridized carbons (Fsp3) is 0.467. The van der Waals surface area contributed by atoms with E-state index in [1.807, 2.05) is 0 Å². The van der Waals surface area contributed by atoms with E-state index in [4.69, 9.17) is 43.0 Å². The Morgan fingerprint density at radius 1 is 0.880 bits per heavy atom. The monoisotopic (exact) mass is 759 g/mol. The first-order valence-corrected chi connectivity index (χ1v) is 15.7. The normalized spacial score (nSPS) is 20.8. The van der Waals surface area contributed by atoms with Crippen LogP contribution in [0.15, 0.2) is 35.3 Å². The lowest BCUT2D eigenvalue weighted by molar-refractivity contribution is -0.193. The molecule has 6 heterocycles. The summed E-state index contributed by atoms with van der Waals surface area (Å²) >= 11 is 12.5. The Bertz CT molecular complexity index is 1760. The summed E-state index contributed by atoms with van der Waals surface area (Å²) in [7, 11) is 0. The van der Waals surface area contributed by atoms with Crippen LogP contribution in [0.4, 0.5) is 30.7 Å². The summed E-state index contributed by atoms with van der Waals surface area (Å²) in [5.41, 5.74) is 1.51. The van der Waals surface area contributed by atoms with Gasteiger partial charge < -0.3 is 25.0 Å². The predicted molar refractivity (Wildman–Crippen MR) is 165 cm³/mol. The van der Waals surface area contributed by atoms with Crippen molar-refractivity contribution < 1.29 is 55.3 Å². The quantitative estimate of drug-likeness (QED) is 0.324. The molecule has 0 radical (unpaired) electrons. The molecule has 1 unspecified atom stereocenters. The van der Waals surface area contributed by atoms with Gasteiger partial charge in [-0.1, -0.05) is 29.3 Å². The lowest BCUT2D eigenvalue weighted by Gasteiger charge is -2.51. The van der Waals surface area contributed by atoms with E-state index in [9.17, 15) is 40.3 Å². The van der Waals surface area contributed by atoms with Crippen LogP contribution in [-0.2, 0) is 16.0 Å². The summed E-state index contributed by atoms with van der Waals surface area (Å²) in [6, 6.07) is 6.68. The topological polar surface area (TPSA) is 139 Å². The van der Waals surface area contributed by atoms with E-state index >= 15 is 0 Å². The fourth-order valence-electron chi connectivity index (χ4n) is 6.15. The largest absolute Gasteiger partial charge is 0.490 e. The average Bonchev–Trinajstić information content (AvgIpc) is 3.37. The number of hydrogen-bond acceptors (Lipinski definition) is 6. The molecule has 4 aliphatic heterocycles. The summed E-state index contributed by atoms with van der Waals surface area (Å²) < 4.78 is 79.9. The SMILES string of the molecule is O=C(O)C(F)(F)F.O=C(O)C(F)(F)F.O=C(c1cc(Cc2c[nH]c(=O)c3cc(Cl)c(Cl)n23)ccc1F)N1CCN(C2CN3CCC2CC3)CC1. The van der Waals surface area contributed by atoms with Crippen LogP contribution in [0, 0.1) is 11.7 Å². The molecule has 2 aromatic heterocycles. The molecule has 4 fully saturated rings. The zero-order valence-corrected chi connectivity index (χ0v) is 27.3. The Labute approximate surface area is 288 Å². The highest BCUT2D eigenvalue weighted by molar-refractivity contribution is 6.42. The highest BCUT2D eigenvalue weighted by Crippen LogP contribution is 2.32. The maximum atomic E-state index is 14.8. The van der Waals surface area contributed by atoms with E-state index in [-0.39, 0.29) is 27.2 Å². The Morgan fingerprint density at radius 2 is 1.44 bits per heavy atom. The summed E-state index contributed by atoms with van der Waals surface area (Å²) in [5.74, 6) is -5.57. The second-order valence-corrected chi connectivity index (χ2v) is 12.5. The van der Waals surface area contributed by atoms with Gasteiger partial charge in [0.2, 0.25) is 0 Å². The van der Waals surface area contributed by atoms with E-state index in [1.54, 1.807) is 27.6 Å². The number of rotatable bonds is 4. The summed E-state index contributed by atoms with van der Waals surface area (Å²) in [5, 5.41) is 14.8. The van der Waals surface area contributed by atoms with Gasteiger partial charge in [-0.15, -0.1) is 0 Å². The third-order valence-corrected chi connectivity index (χ3v) is 9.37. The van der Waals surface area contributed by atoms with E-state index in [0.29, 0.717) is 36.8 Å². The average molecular weight is 760 g/mol. The van der Waals surface area contributed by atoms with Gasteiger partial charge in [-0.25, -0.2) is 14.0 Å². The summed E-state index contributed by atoms with van der Waals surface area (Å²) in [4.78, 5) is 52.8. The van der Waals surface area contributed by atoms with Crippen LogP contribution in [0.2, 0.25) is 10.2 Å². The molecule has 4 saturated heterocycles. The highest BCUT2D eigenvalue weighted by atomic mass is 35.5. The summed E-state index contributed by atoms with van der Waals surface area (Å²) in [6.07, 6.45) is -5.73. The third-order valence-electron chi connectivity index (χ3n) is 8.61. The molecule has 0 saturated carbocycles. The number of hydrogen-bond donors (Lipinski definition) is 3. The van der Waals surface area contributed by atoms with Crippen molar-refractivity contribution in [1.29, 1.82) is 0 Å². The van der Waals surface area contributed by atoms with Gasteiger partial charge in [0.1, 0.15) is 16.5 Å². The van der Waals surface area contributed by atoms with Crippen molar-refractivity contribution in [2.45, 2.75) is 37.7 Å². The number of alkyl halides is 6. The van der Waals surface area contributed by atoms with Gasteiger partial charge in [0, 0.05) is 57.1 Å². The number of carboxylic acids is 2. The maximum absolute atomic E-state index is 14.8. The van der Waals surface area contributed by atoms with Crippen molar-refractivity contribution in [2.75, 3.05) is 45.8 Å². The van der Waals surface area contributed by atoms with E-state index in [0.717, 1.165) is 31.1 Å². The number of amides is 1. The van der Waals surface area contributed by atoms with Crippen molar-refractivity contribution in [3.63, 3.8) is 0 Å². The number of aromatic amines is 1. The first-order chi connectivity index (χ1) is 23.3.